The number of fused-ring (bicyclic) bond motifs is 1. The third kappa shape index (κ3) is 1.10. The number of rotatable bonds is 0. The highest BCUT2D eigenvalue weighted by Gasteiger charge is 2.25. The van der Waals surface area contributed by atoms with Gasteiger partial charge in [0.25, 0.3) is 0 Å². The van der Waals surface area contributed by atoms with Crippen LogP contribution in [0.25, 0.3) is 0 Å². The Hall–Kier alpha value is -0.300. The van der Waals surface area contributed by atoms with Crippen LogP contribution in [-0.4, -0.2) is 13.2 Å². The highest BCUT2D eigenvalue weighted by molar-refractivity contribution is 4.95. The van der Waals surface area contributed by atoms with Gasteiger partial charge < -0.3 is 4.74 Å². The molecule has 2 aliphatic rings. The van der Waals surface area contributed by atoms with E-state index in [0.717, 1.165) is 25.0 Å². The molecular formula is C9H14O. The maximum atomic E-state index is 5.41. The first kappa shape index (κ1) is 6.41. The van der Waals surface area contributed by atoms with Crippen molar-refractivity contribution in [3.8, 4) is 0 Å². The second-order valence-electron chi connectivity index (χ2n) is 3.33. The SMILES string of the molecule is C1=CCC2COCCC2C1. The Balaban J connectivity index is 2.01. The molecule has 1 fully saturated rings. The molecular weight excluding hydrogens is 124 g/mol. The van der Waals surface area contributed by atoms with E-state index in [1.807, 2.05) is 0 Å². The fraction of sp³-hybridized carbons (Fsp3) is 0.778. The van der Waals surface area contributed by atoms with E-state index >= 15 is 0 Å². The maximum Gasteiger partial charge on any atom is 0.0500 e. The molecule has 2 rings (SSSR count). The number of ether oxygens (including phenoxy) is 1. The molecule has 0 radical (unpaired) electrons. The van der Waals surface area contributed by atoms with Crippen LogP contribution in [0, 0.1) is 11.8 Å². The standard InChI is InChI=1S/C9H14O/c1-2-4-9-7-10-6-5-8(9)3-1/h1-2,8-9H,3-7H2. The summed E-state index contributed by atoms with van der Waals surface area (Å²) in [6.07, 6.45) is 8.47. The lowest BCUT2D eigenvalue weighted by Crippen LogP contribution is -2.28. The molecule has 0 spiro atoms. The molecule has 56 valence electrons. The van der Waals surface area contributed by atoms with Gasteiger partial charge in [-0.3, -0.25) is 0 Å². The summed E-state index contributed by atoms with van der Waals surface area (Å²) in [6.45, 7) is 2.00. The van der Waals surface area contributed by atoms with Crippen LogP contribution in [0.5, 0.6) is 0 Å². The van der Waals surface area contributed by atoms with Crippen LogP contribution in [0.2, 0.25) is 0 Å². The summed E-state index contributed by atoms with van der Waals surface area (Å²) < 4.78 is 5.41. The minimum absolute atomic E-state index is 0.846. The van der Waals surface area contributed by atoms with E-state index in [1.54, 1.807) is 0 Å². The maximum absolute atomic E-state index is 5.41. The monoisotopic (exact) mass is 138 g/mol. The van der Waals surface area contributed by atoms with Crippen molar-refractivity contribution in [2.75, 3.05) is 13.2 Å². The second-order valence-corrected chi connectivity index (χ2v) is 3.33. The van der Waals surface area contributed by atoms with Gasteiger partial charge in [-0.25, -0.2) is 0 Å². The Bertz CT molecular complexity index is 124. The van der Waals surface area contributed by atoms with Crippen molar-refractivity contribution >= 4 is 0 Å². The molecule has 1 heterocycles. The zero-order valence-electron chi connectivity index (χ0n) is 6.25. The van der Waals surface area contributed by atoms with Crippen molar-refractivity contribution in [1.82, 2.24) is 0 Å². The molecule has 0 aromatic carbocycles. The molecule has 1 nitrogen and oxygen atoms in total. The number of hydrogen-bond acceptors (Lipinski definition) is 1. The topological polar surface area (TPSA) is 9.23 Å². The molecule has 1 aliphatic heterocycles. The summed E-state index contributed by atoms with van der Waals surface area (Å²) in [4.78, 5) is 0. The summed E-state index contributed by atoms with van der Waals surface area (Å²) in [5, 5.41) is 0. The third-order valence-electron chi connectivity index (χ3n) is 2.68. The Labute approximate surface area is 62.1 Å². The normalized spacial score (nSPS) is 39.2. The highest BCUT2D eigenvalue weighted by Crippen LogP contribution is 2.31. The van der Waals surface area contributed by atoms with Crippen LogP contribution in [0.3, 0.4) is 0 Å². The van der Waals surface area contributed by atoms with Gasteiger partial charge in [-0.2, -0.15) is 0 Å². The van der Waals surface area contributed by atoms with E-state index in [2.05, 4.69) is 12.2 Å². The summed E-state index contributed by atoms with van der Waals surface area (Å²) in [5.41, 5.74) is 0. The average Bonchev–Trinajstić information content (AvgIpc) is 2.05. The first-order valence-electron chi connectivity index (χ1n) is 4.19. The van der Waals surface area contributed by atoms with Gasteiger partial charge in [0.05, 0.1) is 0 Å². The van der Waals surface area contributed by atoms with Crippen LogP contribution < -0.4 is 0 Å². The molecule has 0 aromatic heterocycles. The molecule has 2 atom stereocenters. The lowest BCUT2D eigenvalue weighted by Gasteiger charge is -2.32. The molecule has 0 saturated carbocycles. The average molecular weight is 138 g/mol. The van der Waals surface area contributed by atoms with Crippen molar-refractivity contribution in [3.63, 3.8) is 0 Å². The van der Waals surface area contributed by atoms with Crippen LogP contribution in [0.1, 0.15) is 19.3 Å². The number of allylic oxidation sites excluding steroid dienone is 2. The van der Waals surface area contributed by atoms with Gasteiger partial charge in [-0.05, 0) is 31.1 Å². The minimum atomic E-state index is 0.846. The lowest BCUT2D eigenvalue weighted by atomic mass is 9.80. The van der Waals surface area contributed by atoms with Crippen LogP contribution in [-0.2, 0) is 4.74 Å². The first-order chi connectivity index (χ1) is 4.97. The van der Waals surface area contributed by atoms with Crippen LogP contribution >= 0.6 is 0 Å². The zero-order valence-corrected chi connectivity index (χ0v) is 6.25. The summed E-state index contributed by atoms with van der Waals surface area (Å²) in [5.74, 6) is 1.79. The molecule has 1 heteroatoms. The van der Waals surface area contributed by atoms with Gasteiger partial charge in [0.2, 0.25) is 0 Å². The van der Waals surface area contributed by atoms with Gasteiger partial charge in [0.1, 0.15) is 0 Å². The molecule has 2 unspecified atom stereocenters. The fourth-order valence-electron chi connectivity index (χ4n) is 1.95. The smallest absolute Gasteiger partial charge is 0.0500 e. The van der Waals surface area contributed by atoms with E-state index in [0.29, 0.717) is 0 Å². The molecule has 10 heavy (non-hydrogen) atoms. The Morgan fingerprint density at radius 3 is 2.70 bits per heavy atom. The molecule has 1 aliphatic carbocycles. The molecule has 0 aromatic rings. The largest absolute Gasteiger partial charge is 0.381 e. The molecule has 0 bridgehead atoms. The Kier molecular flexibility index (Phi) is 1.76. The number of hydrogen-bond donors (Lipinski definition) is 0. The summed E-state index contributed by atoms with van der Waals surface area (Å²) in [6, 6.07) is 0. The van der Waals surface area contributed by atoms with Crippen molar-refractivity contribution in [2.24, 2.45) is 11.8 Å². The Morgan fingerprint density at radius 1 is 1.10 bits per heavy atom. The van der Waals surface area contributed by atoms with E-state index < -0.39 is 0 Å². The first-order valence-corrected chi connectivity index (χ1v) is 4.19. The summed E-state index contributed by atoms with van der Waals surface area (Å²) >= 11 is 0. The van der Waals surface area contributed by atoms with Gasteiger partial charge in [-0.1, -0.05) is 12.2 Å². The second kappa shape index (κ2) is 2.75. The van der Waals surface area contributed by atoms with Gasteiger partial charge in [-0.15, -0.1) is 0 Å². The fourth-order valence-corrected chi connectivity index (χ4v) is 1.95. The third-order valence-corrected chi connectivity index (χ3v) is 2.68. The Morgan fingerprint density at radius 2 is 1.90 bits per heavy atom. The zero-order chi connectivity index (χ0) is 6.81. The van der Waals surface area contributed by atoms with Crippen molar-refractivity contribution in [2.45, 2.75) is 19.3 Å². The molecule has 1 saturated heterocycles. The van der Waals surface area contributed by atoms with E-state index in [4.69, 9.17) is 4.74 Å². The highest BCUT2D eigenvalue weighted by atomic mass is 16.5. The van der Waals surface area contributed by atoms with Gasteiger partial charge in [0, 0.05) is 13.2 Å². The quantitative estimate of drug-likeness (QED) is 0.465. The lowest BCUT2D eigenvalue weighted by molar-refractivity contribution is 0.0163. The van der Waals surface area contributed by atoms with Crippen molar-refractivity contribution in [1.29, 1.82) is 0 Å². The van der Waals surface area contributed by atoms with Crippen LogP contribution in [0.4, 0.5) is 0 Å². The van der Waals surface area contributed by atoms with Gasteiger partial charge >= 0.3 is 0 Å². The van der Waals surface area contributed by atoms with Crippen molar-refractivity contribution in [3.05, 3.63) is 12.2 Å². The van der Waals surface area contributed by atoms with E-state index in [9.17, 15) is 0 Å². The van der Waals surface area contributed by atoms with Gasteiger partial charge in [0.15, 0.2) is 0 Å². The summed E-state index contributed by atoms with van der Waals surface area (Å²) in [7, 11) is 0. The molecule has 0 amide bonds. The predicted molar refractivity (Wildman–Crippen MR) is 40.8 cm³/mol. The van der Waals surface area contributed by atoms with E-state index in [-0.39, 0.29) is 0 Å². The van der Waals surface area contributed by atoms with Crippen LogP contribution in [0.15, 0.2) is 12.2 Å². The van der Waals surface area contributed by atoms with Crippen molar-refractivity contribution < 1.29 is 4.74 Å². The van der Waals surface area contributed by atoms with E-state index in [1.165, 1.54) is 19.3 Å². The predicted octanol–water partition coefficient (Wildman–Crippen LogP) is 1.99. The minimum Gasteiger partial charge on any atom is -0.381 e. The molecule has 0 N–H and O–H groups in total.